The second-order valence-corrected chi connectivity index (χ2v) is 6.95. The Hall–Kier alpha value is -3.67. The maximum Gasteiger partial charge on any atom is 0.255 e. The number of carbonyl (C=O) groups excluding carboxylic acids is 2. The van der Waals surface area contributed by atoms with Crippen LogP contribution in [0.3, 0.4) is 0 Å². The summed E-state index contributed by atoms with van der Waals surface area (Å²) in [6, 6.07) is 17.9. The summed E-state index contributed by atoms with van der Waals surface area (Å²) in [5.41, 5.74) is 2.72. The maximum atomic E-state index is 12.4. The number of amides is 2. The molecule has 4 rings (SSSR count). The third-order valence-corrected chi connectivity index (χ3v) is 4.56. The molecule has 1 saturated carbocycles. The Morgan fingerprint density at radius 3 is 2.28 bits per heavy atom. The number of ether oxygens (including phenoxy) is 1. The highest BCUT2D eigenvalue weighted by Crippen LogP contribution is 2.20. The molecule has 29 heavy (non-hydrogen) atoms. The van der Waals surface area contributed by atoms with Crippen LogP contribution in [0, 0.1) is 0 Å². The number of rotatable bonds is 7. The van der Waals surface area contributed by atoms with Crippen molar-refractivity contribution in [3.05, 3.63) is 89.7 Å². The molecule has 0 unspecified atom stereocenters. The van der Waals surface area contributed by atoms with E-state index < -0.39 is 0 Å². The SMILES string of the molecule is O=C(Nc1ccc(C(=O)NC2CC2)cc1)c1ccc(OCc2cccnc2)cc1. The van der Waals surface area contributed by atoms with Gasteiger partial charge in [-0.3, -0.25) is 14.6 Å². The standard InChI is InChI=1S/C23H21N3O3/c27-22(26-20-9-10-20)17-3-7-19(8-4-17)25-23(28)18-5-11-21(12-6-18)29-15-16-2-1-13-24-14-16/h1-8,11-14,20H,9-10,15H2,(H,25,28)(H,26,27). The molecule has 0 bridgehead atoms. The lowest BCUT2D eigenvalue weighted by molar-refractivity contribution is 0.0950. The van der Waals surface area contributed by atoms with Gasteiger partial charge < -0.3 is 15.4 Å². The second kappa shape index (κ2) is 8.56. The maximum absolute atomic E-state index is 12.4. The molecule has 0 spiro atoms. The van der Waals surface area contributed by atoms with Crippen LogP contribution in [0.25, 0.3) is 0 Å². The molecule has 6 heteroatoms. The zero-order chi connectivity index (χ0) is 20.1. The smallest absolute Gasteiger partial charge is 0.255 e. The Morgan fingerprint density at radius 1 is 0.931 bits per heavy atom. The van der Waals surface area contributed by atoms with Gasteiger partial charge >= 0.3 is 0 Å². The van der Waals surface area contributed by atoms with Gasteiger partial charge in [-0.1, -0.05) is 6.07 Å². The van der Waals surface area contributed by atoms with Crippen molar-refractivity contribution in [1.82, 2.24) is 10.3 Å². The van der Waals surface area contributed by atoms with Crippen molar-refractivity contribution in [2.24, 2.45) is 0 Å². The highest BCUT2D eigenvalue weighted by Gasteiger charge is 2.23. The normalized spacial score (nSPS) is 12.8. The van der Waals surface area contributed by atoms with E-state index in [0.717, 1.165) is 18.4 Å². The molecule has 1 aliphatic carbocycles. The second-order valence-electron chi connectivity index (χ2n) is 6.95. The molecule has 0 radical (unpaired) electrons. The average Bonchev–Trinajstić information content (AvgIpc) is 3.58. The van der Waals surface area contributed by atoms with Gasteiger partial charge in [-0.2, -0.15) is 0 Å². The number of pyridine rings is 1. The van der Waals surface area contributed by atoms with Gasteiger partial charge in [-0.15, -0.1) is 0 Å². The lowest BCUT2D eigenvalue weighted by atomic mass is 10.1. The van der Waals surface area contributed by atoms with Gasteiger partial charge in [0.05, 0.1) is 0 Å². The highest BCUT2D eigenvalue weighted by molar-refractivity contribution is 6.04. The van der Waals surface area contributed by atoms with E-state index in [1.807, 2.05) is 12.1 Å². The summed E-state index contributed by atoms with van der Waals surface area (Å²) in [6.07, 6.45) is 5.57. The average molecular weight is 387 g/mol. The fourth-order valence-corrected chi connectivity index (χ4v) is 2.76. The number of carbonyl (C=O) groups is 2. The largest absolute Gasteiger partial charge is 0.489 e. The Bertz CT molecular complexity index is 982. The number of hydrogen-bond donors (Lipinski definition) is 2. The first-order valence-corrected chi connectivity index (χ1v) is 9.51. The Balaban J connectivity index is 1.31. The lowest BCUT2D eigenvalue weighted by Gasteiger charge is -2.09. The highest BCUT2D eigenvalue weighted by atomic mass is 16.5. The predicted molar refractivity (Wildman–Crippen MR) is 110 cm³/mol. The van der Waals surface area contributed by atoms with Crippen molar-refractivity contribution < 1.29 is 14.3 Å². The number of benzene rings is 2. The molecule has 3 aromatic rings. The number of nitrogens with zero attached hydrogens (tertiary/aromatic N) is 1. The van der Waals surface area contributed by atoms with Gasteiger partial charge in [0.15, 0.2) is 0 Å². The summed E-state index contributed by atoms with van der Waals surface area (Å²) in [5.74, 6) is 0.377. The molecular formula is C23H21N3O3. The van der Waals surface area contributed by atoms with Crippen LogP contribution in [0.1, 0.15) is 39.1 Å². The van der Waals surface area contributed by atoms with E-state index in [1.165, 1.54) is 0 Å². The van der Waals surface area contributed by atoms with Crippen LogP contribution in [0.2, 0.25) is 0 Å². The van der Waals surface area contributed by atoms with Crippen molar-refractivity contribution in [1.29, 1.82) is 0 Å². The monoisotopic (exact) mass is 387 g/mol. The minimum absolute atomic E-state index is 0.0766. The first-order chi connectivity index (χ1) is 14.2. The topological polar surface area (TPSA) is 80.3 Å². The molecule has 2 N–H and O–H groups in total. The predicted octanol–water partition coefficient (Wildman–Crippen LogP) is 3.81. The zero-order valence-electron chi connectivity index (χ0n) is 15.8. The van der Waals surface area contributed by atoms with Gasteiger partial charge in [-0.25, -0.2) is 0 Å². The number of hydrogen-bond acceptors (Lipinski definition) is 4. The summed E-state index contributed by atoms with van der Waals surface area (Å²) in [6.45, 7) is 0.417. The van der Waals surface area contributed by atoms with Crippen LogP contribution in [-0.4, -0.2) is 22.8 Å². The number of nitrogens with one attached hydrogen (secondary N) is 2. The molecule has 2 amide bonds. The minimum atomic E-state index is -0.223. The van der Waals surface area contributed by atoms with Crippen molar-refractivity contribution in [2.45, 2.75) is 25.5 Å². The summed E-state index contributed by atoms with van der Waals surface area (Å²) in [4.78, 5) is 28.5. The van der Waals surface area contributed by atoms with Gasteiger partial charge in [0.1, 0.15) is 12.4 Å². The molecule has 1 fully saturated rings. The van der Waals surface area contributed by atoms with Gasteiger partial charge in [0.2, 0.25) is 0 Å². The molecule has 0 aliphatic heterocycles. The van der Waals surface area contributed by atoms with Gasteiger partial charge in [0, 0.05) is 40.8 Å². The van der Waals surface area contributed by atoms with Crippen molar-refractivity contribution in [3.8, 4) is 5.75 Å². The lowest BCUT2D eigenvalue weighted by Crippen LogP contribution is -2.25. The van der Waals surface area contributed by atoms with E-state index in [2.05, 4.69) is 15.6 Å². The van der Waals surface area contributed by atoms with Crippen molar-refractivity contribution in [2.75, 3.05) is 5.32 Å². The zero-order valence-corrected chi connectivity index (χ0v) is 15.8. The van der Waals surface area contributed by atoms with Crippen LogP contribution >= 0.6 is 0 Å². The third kappa shape index (κ3) is 5.19. The number of anilines is 1. The molecule has 6 nitrogen and oxygen atoms in total. The summed E-state index contributed by atoms with van der Waals surface area (Å²) in [7, 11) is 0. The molecule has 1 aliphatic rings. The molecule has 0 saturated heterocycles. The van der Waals surface area contributed by atoms with Crippen LogP contribution in [0.4, 0.5) is 5.69 Å². The van der Waals surface area contributed by atoms with Crippen LogP contribution in [0.15, 0.2) is 73.1 Å². The van der Waals surface area contributed by atoms with E-state index in [9.17, 15) is 9.59 Å². The van der Waals surface area contributed by atoms with Crippen LogP contribution in [0.5, 0.6) is 5.75 Å². The third-order valence-electron chi connectivity index (χ3n) is 4.56. The molecule has 1 aromatic heterocycles. The van der Waals surface area contributed by atoms with E-state index >= 15 is 0 Å². The van der Waals surface area contributed by atoms with E-state index in [-0.39, 0.29) is 11.8 Å². The first-order valence-electron chi connectivity index (χ1n) is 9.51. The molecule has 0 atom stereocenters. The van der Waals surface area contributed by atoms with Crippen LogP contribution < -0.4 is 15.4 Å². The fourth-order valence-electron chi connectivity index (χ4n) is 2.76. The van der Waals surface area contributed by atoms with E-state index in [0.29, 0.717) is 35.2 Å². The van der Waals surface area contributed by atoms with Crippen molar-refractivity contribution >= 4 is 17.5 Å². The quantitative estimate of drug-likeness (QED) is 0.646. The molecular weight excluding hydrogens is 366 g/mol. The fraction of sp³-hybridized carbons (Fsp3) is 0.174. The van der Waals surface area contributed by atoms with E-state index in [1.54, 1.807) is 60.9 Å². The van der Waals surface area contributed by atoms with Gasteiger partial charge in [0.25, 0.3) is 11.8 Å². The Kier molecular flexibility index (Phi) is 5.52. The molecule has 2 aromatic carbocycles. The molecule has 1 heterocycles. The summed E-state index contributed by atoms with van der Waals surface area (Å²) >= 11 is 0. The summed E-state index contributed by atoms with van der Waals surface area (Å²) < 4.78 is 5.70. The van der Waals surface area contributed by atoms with Gasteiger partial charge in [-0.05, 0) is 67.4 Å². The number of aromatic nitrogens is 1. The minimum Gasteiger partial charge on any atom is -0.489 e. The van der Waals surface area contributed by atoms with E-state index in [4.69, 9.17) is 4.74 Å². The van der Waals surface area contributed by atoms with Crippen molar-refractivity contribution in [3.63, 3.8) is 0 Å². The molecule has 146 valence electrons. The summed E-state index contributed by atoms with van der Waals surface area (Å²) in [5, 5.41) is 5.78. The van der Waals surface area contributed by atoms with Crippen LogP contribution in [-0.2, 0) is 6.61 Å². The Labute approximate surface area is 168 Å². The Morgan fingerprint density at radius 2 is 1.62 bits per heavy atom. The first kappa shape index (κ1) is 18.7.